The first-order valence-electron chi connectivity index (χ1n) is 14.3. The van der Waals surface area contributed by atoms with Gasteiger partial charge in [-0.05, 0) is 75.1 Å². The minimum Gasteiger partial charge on any atom is -0.453 e. The number of nitrogens with one attached hydrogen (secondary N) is 2. The molecule has 236 valence electrons. The van der Waals surface area contributed by atoms with Crippen molar-refractivity contribution in [2.24, 2.45) is 0 Å². The number of aromatic nitrogens is 1. The third kappa shape index (κ3) is 7.27. The average Bonchev–Trinajstić information content (AvgIpc) is 2.96. The molecule has 3 aromatic carbocycles. The summed E-state index contributed by atoms with van der Waals surface area (Å²) in [5.41, 5.74) is 1.27. The van der Waals surface area contributed by atoms with Crippen LogP contribution in [0.3, 0.4) is 0 Å². The van der Waals surface area contributed by atoms with Gasteiger partial charge in [-0.1, -0.05) is 6.07 Å². The van der Waals surface area contributed by atoms with E-state index < -0.39 is 41.1 Å². The Balaban J connectivity index is 1.61. The highest BCUT2D eigenvalue weighted by atomic mass is 19.1. The minimum atomic E-state index is -1.00. The number of carbonyl (C=O) groups excluding carboxylic acids is 2. The summed E-state index contributed by atoms with van der Waals surface area (Å²) in [5.74, 6) is -3.39. The number of rotatable bonds is 5. The van der Waals surface area contributed by atoms with Crippen molar-refractivity contribution < 1.29 is 36.6 Å². The Morgan fingerprint density at radius 3 is 2.18 bits per heavy atom. The smallest absolute Gasteiger partial charge is 0.411 e. The second-order valence-electron chi connectivity index (χ2n) is 11.7. The van der Waals surface area contributed by atoms with E-state index in [9.17, 15) is 27.2 Å². The van der Waals surface area contributed by atoms with E-state index in [1.165, 1.54) is 18.3 Å². The highest BCUT2D eigenvalue weighted by Crippen LogP contribution is 2.41. The van der Waals surface area contributed by atoms with Crippen molar-refractivity contribution in [1.29, 1.82) is 0 Å². The lowest BCUT2D eigenvalue weighted by Crippen LogP contribution is -2.46. The molecule has 0 bridgehead atoms. The second kappa shape index (κ2) is 12.6. The number of nitrogens with zero attached hydrogens (tertiary/aromatic N) is 2. The molecule has 5 rings (SSSR count). The van der Waals surface area contributed by atoms with Crippen LogP contribution in [0.2, 0.25) is 0 Å². The molecule has 1 fully saturated rings. The molecule has 0 aliphatic carbocycles. The van der Waals surface area contributed by atoms with Crippen molar-refractivity contribution >= 4 is 34.5 Å². The normalized spacial score (nSPS) is 13.9. The third-order valence-electron chi connectivity index (χ3n) is 7.32. The highest BCUT2D eigenvalue weighted by Gasteiger charge is 2.27. The van der Waals surface area contributed by atoms with Gasteiger partial charge < -0.3 is 19.7 Å². The summed E-state index contributed by atoms with van der Waals surface area (Å²) in [6.45, 7) is 6.25. The van der Waals surface area contributed by atoms with Crippen molar-refractivity contribution in [3.63, 3.8) is 0 Å². The largest absolute Gasteiger partial charge is 0.453 e. The van der Waals surface area contributed by atoms with Crippen molar-refractivity contribution in [1.82, 2.24) is 10.3 Å². The lowest BCUT2D eigenvalue weighted by atomic mass is 9.95. The van der Waals surface area contributed by atoms with Gasteiger partial charge in [-0.25, -0.2) is 27.2 Å². The molecule has 45 heavy (non-hydrogen) atoms. The summed E-state index contributed by atoms with van der Waals surface area (Å²) in [7, 11) is 1.12. The number of carbonyl (C=O) groups is 2. The van der Waals surface area contributed by atoms with Crippen LogP contribution in [-0.4, -0.2) is 49.0 Å². The van der Waals surface area contributed by atoms with Crippen molar-refractivity contribution in [2.45, 2.75) is 45.3 Å². The van der Waals surface area contributed by atoms with Gasteiger partial charge in [0.15, 0.2) is 0 Å². The van der Waals surface area contributed by atoms with Crippen LogP contribution in [0.5, 0.6) is 0 Å². The Hall–Kier alpha value is -4.87. The Bertz CT molecular complexity index is 1750. The number of halogens is 4. The third-order valence-corrected chi connectivity index (χ3v) is 7.32. The zero-order valence-electron chi connectivity index (χ0n) is 25.1. The van der Waals surface area contributed by atoms with E-state index in [2.05, 4.69) is 20.4 Å². The second-order valence-corrected chi connectivity index (χ2v) is 11.7. The van der Waals surface area contributed by atoms with Gasteiger partial charge in [-0.3, -0.25) is 10.3 Å². The van der Waals surface area contributed by atoms with E-state index in [1.54, 1.807) is 39.0 Å². The maximum atomic E-state index is 14.9. The molecule has 1 aromatic heterocycles. The number of methoxy groups -OCH3 is 1. The fourth-order valence-electron chi connectivity index (χ4n) is 5.41. The number of fused-ring (bicyclic) bond motifs is 1. The van der Waals surface area contributed by atoms with Crippen molar-refractivity contribution in [3.8, 4) is 22.3 Å². The van der Waals surface area contributed by atoms with E-state index in [4.69, 9.17) is 4.74 Å². The number of hydrogen-bond donors (Lipinski definition) is 2. The fourth-order valence-corrected chi connectivity index (χ4v) is 5.41. The Kier molecular flexibility index (Phi) is 8.85. The molecule has 0 atom stereocenters. The summed E-state index contributed by atoms with van der Waals surface area (Å²) in [6.07, 6.45) is 1.16. The predicted octanol–water partition coefficient (Wildman–Crippen LogP) is 7.80. The van der Waals surface area contributed by atoms with Gasteiger partial charge in [0.2, 0.25) is 0 Å². The predicted molar refractivity (Wildman–Crippen MR) is 163 cm³/mol. The lowest BCUT2D eigenvalue weighted by molar-refractivity contribution is 0.0497. The molecule has 2 heterocycles. The molecular formula is C33H32F4N4O4. The molecule has 1 aliphatic rings. The van der Waals surface area contributed by atoms with Crippen molar-refractivity contribution in [2.75, 3.05) is 30.4 Å². The summed E-state index contributed by atoms with van der Waals surface area (Å²) in [5, 5.41) is 5.75. The molecule has 0 saturated carbocycles. The summed E-state index contributed by atoms with van der Waals surface area (Å²) in [6, 6.07) is 9.68. The zero-order valence-corrected chi connectivity index (χ0v) is 25.1. The van der Waals surface area contributed by atoms with Crippen LogP contribution in [-0.2, 0) is 9.47 Å². The van der Waals surface area contributed by atoms with Crippen LogP contribution in [0.1, 0.15) is 33.6 Å². The van der Waals surface area contributed by atoms with E-state index in [0.717, 1.165) is 19.2 Å². The van der Waals surface area contributed by atoms with E-state index >= 15 is 0 Å². The monoisotopic (exact) mass is 624 g/mol. The number of hydrogen-bond acceptors (Lipinski definition) is 6. The molecule has 0 radical (unpaired) electrons. The van der Waals surface area contributed by atoms with Gasteiger partial charge in [0, 0.05) is 54.0 Å². The van der Waals surface area contributed by atoms with E-state index in [0.29, 0.717) is 59.7 Å². The number of alkyl carbamates (subject to hydrolysis) is 1. The molecule has 0 spiro atoms. The number of benzene rings is 3. The van der Waals surface area contributed by atoms with Crippen LogP contribution >= 0.6 is 0 Å². The molecule has 4 aromatic rings. The first-order valence-corrected chi connectivity index (χ1v) is 14.3. The van der Waals surface area contributed by atoms with Gasteiger partial charge in [-0.15, -0.1) is 0 Å². The highest BCUT2D eigenvalue weighted by molar-refractivity contribution is 6.03. The molecule has 2 N–H and O–H groups in total. The standard InChI is InChI=1S/C33H32F4N4O4/c1-33(2,3)45-32(43)39-23-7-9-41(10-8-23)30-25-13-18(24-15-22(36)16-27(37)29(24)40-31(42)44-4)5-6-28(25)38-17-26(30)19-11-20(34)14-21(35)12-19/h5-6,11-17,23H,7-10H2,1-4H3,(H,39,43)(H,40,42). The molecule has 2 amide bonds. The van der Waals surface area contributed by atoms with Gasteiger partial charge in [0.1, 0.15) is 28.9 Å². The van der Waals surface area contributed by atoms with Crippen LogP contribution in [0, 0.1) is 23.3 Å². The van der Waals surface area contributed by atoms with E-state index in [1.807, 2.05) is 4.90 Å². The summed E-state index contributed by atoms with van der Waals surface area (Å²) < 4.78 is 68.2. The van der Waals surface area contributed by atoms with Crippen LogP contribution in [0.25, 0.3) is 33.2 Å². The maximum Gasteiger partial charge on any atom is 0.411 e. The zero-order chi connectivity index (χ0) is 32.5. The average molecular weight is 625 g/mol. The van der Waals surface area contributed by atoms with Gasteiger partial charge in [0.05, 0.1) is 24.0 Å². The van der Waals surface area contributed by atoms with Gasteiger partial charge in [0.25, 0.3) is 0 Å². The number of ether oxygens (including phenoxy) is 2. The maximum absolute atomic E-state index is 14.9. The number of anilines is 2. The Morgan fingerprint density at radius 2 is 1.53 bits per heavy atom. The minimum absolute atomic E-state index is 0.0493. The molecule has 1 saturated heterocycles. The van der Waals surface area contributed by atoms with Crippen LogP contribution in [0.15, 0.2) is 54.7 Å². The Labute approximate surface area is 257 Å². The molecule has 0 unspecified atom stereocenters. The molecule has 12 heteroatoms. The summed E-state index contributed by atoms with van der Waals surface area (Å²) >= 11 is 0. The SMILES string of the molecule is COC(=O)Nc1c(F)cc(F)cc1-c1ccc2ncc(-c3cc(F)cc(F)c3)c(N3CCC(NC(=O)OC(C)(C)C)CC3)c2c1. The number of piperidine rings is 1. The van der Waals surface area contributed by atoms with Gasteiger partial charge >= 0.3 is 12.2 Å². The molecular weight excluding hydrogens is 592 g/mol. The molecule has 1 aliphatic heterocycles. The van der Waals surface area contributed by atoms with Crippen LogP contribution < -0.4 is 15.5 Å². The van der Waals surface area contributed by atoms with Crippen LogP contribution in [0.4, 0.5) is 38.5 Å². The Morgan fingerprint density at radius 1 is 0.867 bits per heavy atom. The van der Waals surface area contributed by atoms with Gasteiger partial charge in [-0.2, -0.15) is 0 Å². The number of pyridine rings is 1. The number of amides is 2. The van der Waals surface area contributed by atoms with Crippen molar-refractivity contribution in [3.05, 3.63) is 78.0 Å². The fraction of sp³-hybridized carbons (Fsp3) is 0.303. The quantitative estimate of drug-likeness (QED) is 0.220. The first-order chi connectivity index (χ1) is 21.3. The summed E-state index contributed by atoms with van der Waals surface area (Å²) in [4.78, 5) is 30.9. The lowest BCUT2D eigenvalue weighted by Gasteiger charge is -2.36. The molecule has 8 nitrogen and oxygen atoms in total. The van der Waals surface area contributed by atoms with E-state index in [-0.39, 0.29) is 22.9 Å². The first kappa shape index (κ1) is 31.6. The topological polar surface area (TPSA) is 92.8 Å².